The van der Waals surface area contributed by atoms with Crippen molar-refractivity contribution in [2.24, 2.45) is 5.73 Å². The van der Waals surface area contributed by atoms with Crippen LogP contribution in [0.5, 0.6) is 0 Å². The van der Waals surface area contributed by atoms with Crippen molar-refractivity contribution in [1.82, 2.24) is 4.90 Å². The van der Waals surface area contributed by atoms with E-state index < -0.39 is 0 Å². The van der Waals surface area contributed by atoms with E-state index in [1.54, 1.807) is 0 Å². The third-order valence-electron chi connectivity index (χ3n) is 3.09. The average Bonchev–Trinajstić information content (AvgIpc) is 2.17. The number of hydrogen-bond acceptors (Lipinski definition) is 3. The molecule has 1 fully saturated rings. The molecule has 0 aromatic carbocycles. The van der Waals surface area contributed by atoms with Gasteiger partial charge < -0.3 is 10.5 Å². The highest BCUT2D eigenvalue weighted by Gasteiger charge is 2.22. The maximum absolute atomic E-state index is 5.73. The van der Waals surface area contributed by atoms with Gasteiger partial charge in [0.2, 0.25) is 0 Å². The topological polar surface area (TPSA) is 38.5 Å². The van der Waals surface area contributed by atoms with Crippen LogP contribution in [0, 0.1) is 0 Å². The molecule has 1 saturated heterocycles. The second-order valence-electron chi connectivity index (χ2n) is 4.96. The summed E-state index contributed by atoms with van der Waals surface area (Å²) in [6.07, 6.45) is 4.05. The zero-order chi connectivity index (χ0) is 11.3. The van der Waals surface area contributed by atoms with Crippen molar-refractivity contribution < 1.29 is 4.74 Å². The van der Waals surface area contributed by atoms with E-state index in [-0.39, 0.29) is 0 Å². The predicted molar refractivity (Wildman–Crippen MR) is 63.9 cm³/mol. The lowest BCUT2D eigenvalue weighted by Gasteiger charge is -2.36. The number of ether oxygens (including phenoxy) is 1. The normalized spacial score (nSPS) is 30.4. The van der Waals surface area contributed by atoms with Gasteiger partial charge in [0, 0.05) is 18.6 Å². The van der Waals surface area contributed by atoms with Crippen LogP contribution < -0.4 is 5.73 Å². The summed E-state index contributed by atoms with van der Waals surface area (Å²) in [5, 5.41) is 0. The first kappa shape index (κ1) is 12.9. The lowest BCUT2D eigenvalue weighted by Crippen LogP contribution is -2.47. The summed E-state index contributed by atoms with van der Waals surface area (Å²) in [7, 11) is 0. The highest BCUT2D eigenvalue weighted by molar-refractivity contribution is 4.75. The molecular formula is C12H26N2O. The minimum absolute atomic E-state index is 0.353. The number of nitrogens with two attached hydrogens (primary N) is 1. The summed E-state index contributed by atoms with van der Waals surface area (Å²) in [5.74, 6) is 0. The fourth-order valence-electron chi connectivity index (χ4n) is 2.06. The van der Waals surface area contributed by atoms with Gasteiger partial charge in [-0.1, -0.05) is 6.42 Å². The van der Waals surface area contributed by atoms with Crippen molar-refractivity contribution in [2.75, 3.05) is 19.7 Å². The molecule has 0 aromatic heterocycles. The summed E-state index contributed by atoms with van der Waals surface area (Å²) in [5.41, 5.74) is 5.73. The molecule has 0 spiro atoms. The van der Waals surface area contributed by atoms with E-state index in [0.717, 1.165) is 19.6 Å². The summed E-state index contributed by atoms with van der Waals surface area (Å²) < 4.78 is 5.60. The van der Waals surface area contributed by atoms with Gasteiger partial charge in [0.05, 0.1) is 12.7 Å². The van der Waals surface area contributed by atoms with Crippen LogP contribution in [0.25, 0.3) is 0 Å². The van der Waals surface area contributed by atoms with Gasteiger partial charge in [0.25, 0.3) is 0 Å². The lowest BCUT2D eigenvalue weighted by atomic mass is 10.1. The Kier molecular flexibility index (Phi) is 5.58. The van der Waals surface area contributed by atoms with Crippen molar-refractivity contribution in [3.63, 3.8) is 0 Å². The number of unbranched alkanes of at least 4 members (excludes halogenated alkanes) is 1. The van der Waals surface area contributed by atoms with Gasteiger partial charge in [-0.05, 0) is 40.2 Å². The number of rotatable bonds is 5. The van der Waals surface area contributed by atoms with Crippen LogP contribution in [-0.2, 0) is 4.74 Å². The zero-order valence-corrected chi connectivity index (χ0v) is 10.4. The van der Waals surface area contributed by atoms with Gasteiger partial charge in [-0.25, -0.2) is 0 Å². The fraction of sp³-hybridized carbons (Fsp3) is 1.00. The Hall–Kier alpha value is -0.120. The first-order valence-corrected chi connectivity index (χ1v) is 6.21. The maximum atomic E-state index is 5.73. The largest absolute Gasteiger partial charge is 0.376 e. The molecule has 15 heavy (non-hydrogen) atoms. The molecule has 0 aliphatic carbocycles. The summed E-state index contributed by atoms with van der Waals surface area (Å²) >= 11 is 0. The Balaban J connectivity index is 2.13. The maximum Gasteiger partial charge on any atom is 0.0674 e. The predicted octanol–water partition coefficient (Wildman–Crippen LogP) is 1.61. The first-order valence-electron chi connectivity index (χ1n) is 6.21. The second-order valence-corrected chi connectivity index (χ2v) is 4.96. The quantitative estimate of drug-likeness (QED) is 0.707. The first-order chi connectivity index (χ1) is 7.09. The van der Waals surface area contributed by atoms with Crippen molar-refractivity contribution in [1.29, 1.82) is 0 Å². The van der Waals surface area contributed by atoms with Gasteiger partial charge in [-0.2, -0.15) is 0 Å². The Morgan fingerprint density at radius 2 is 2.13 bits per heavy atom. The van der Waals surface area contributed by atoms with Gasteiger partial charge in [-0.3, -0.25) is 4.90 Å². The van der Waals surface area contributed by atoms with E-state index in [9.17, 15) is 0 Å². The van der Waals surface area contributed by atoms with Gasteiger partial charge >= 0.3 is 0 Å². The molecule has 3 heteroatoms. The molecule has 0 radical (unpaired) electrons. The van der Waals surface area contributed by atoms with Crippen LogP contribution in [0.15, 0.2) is 0 Å². The molecule has 0 aromatic rings. The number of morpholine rings is 1. The van der Waals surface area contributed by atoms with E-state index in [1.165, 1.54) is 19.4 Å². The highest BCUT2D eigenvalue weighted by Crippen LogP contribution is 2.12. The molecule has 3 atom stereocenters. The van der Waals surface area contributed by atoms with Crippen LogP contribution in [0.3, 0.4) is 0 Å². The Bertz CT molecular complexity index is 173. The summed E-state index contributed by atoms with van der Waals surface area (Å²) in [4.78, 5) is 2.54. The van der Waals surface area contributed by atoms with E-state index in [4.69, 9.17) is 10.5 Å². The average molecular weight is 214 g/mol. The SMILES string of the molecule is CC(N)CCCCN1CC(C)OCC1C. The summed E-state index contributed by atoms with van der Waals surface area (Å²) in [6.45, 7) is 9.65. The smallest absolute Gasteiger partial charge is 0.0674 e. The van der Waals surface area contributed by atoms with Crippen molar-refractivity contribution >= 4 is 0 Å². The Morgan fingerprint density at radius 3 is 2.80 bits per heavy atom. The van der Waals surface area contributed by atoms with Crippen LogP contribution in [0.1, 0.15) is 40.0 Å². The van der Waals surface area contributed by atoms with Gasteiger partial charge in [-0.15, -0.1) is 0 Å². The second kappa shape index (κ2) is 6.46. The standard InChI is InChI=1S/C12H26N2O/c1-10(13)6-4-5-7-14-8-12(3)15-9-11(14)2/h10-12H,4-9,13H2,1-3H3. The molecule has 1 aliphatic rings. The minimum Gasteiger partial charge on any atom is -0.376 e. The fourth-order valence-corrected chi connectivity index (χ4v) is 2.06. The van der Waals surface area contributed by atoms with E-state index in [2.05, 4.69) is 25.7 Å². The highest BCUT2D eigenvalue weighted by atomic mass is 16.5. The molecule has 3 unspecified atom stereocenters. The third kappa shape index (κ3) is 4.96. The monoisotopic (exact) mass is 214 g/mol. The zero-order valence-electron chi connectivity index (χ0n) is 10.4. The van der Waals surface area contributed by atoms with Crippen LogP contribution in [0.2, 0.25) is 0 Å². The molecule has 0 amide bonds. The molecule has 1 rings (SSSR count). The van der Waals surface area contributed by atoms with Crippen molar-refractivity contribution in [2.45, 2.75) is 58.2 Å². The summed E-state index contributed by atoms with van der Waals surface area (Å²) in [6, 6.07) is 0.933. The van der Waals surface area contributed by atoms with Crippen LogP contribution >= 0.6 is 0 Å². The van der Waals surface area contributed by atoms with E-state index >= 15 is 0 Å². The Morgan fingerprint density at radius 1 is 1.40 bits per heavy atom. The molecule has 2 N–H and O–H groups in total. The lowest BCUT2D eigenvalue weighted by molar-refractivity contribution is -0.0496. The van der Waals surface area contributed by atoms with Gasteiger partial charge in [0.1, 0.15) is 0 Å². The molecule has 0 bridgehead atoms. The van der Waals surface area contributed by atoms with Crippen LogP contribution in [0.4, 0.5) is 0 Å². The van der Waals surface area contributed by atoms with E-state index in [1.807, 2.05) is 0 Å². The molecule has 90 valence electrons. The third-order valence-corrected chi connectivity index (χ3v) is 3.09. The number of nitrogens with zero attached hydrogens (tertiary/aromatic N) is 1. The number of hydrogen-bond donors (Lipinski definition) is 1. The Labute approximate surface area is 94.0 Å². The molecular weight excluding hydrogens is 188 g/mol. The van der Waals surface area contributed by atoms with Gasteiger partial charge in [0.15, 0.2) is 0 Å². The molecule has 1 heterocycles. The molecule has 1 aliphatic heterocycles. The van der Waals surface area contributed by atoms with Crippen LogP contribution in [-0.4, -0.2) is 42.8 Å². The molecule has 0 saturated carbocycles. The van der Waals surface area contributed by atoms with Crippen molar-refractivity contribution in [3.05, 3.63) is 0 Å². The minimum atomic E-state index is 0.353. The van der Waals surface area contributed by atoms with Crippen molar-refractivity contribution in [3.8, 4) is 0 Å². The van der Waals surface area contributed by atoms with E-state index in [0.29, 0.717) is 18.2 Å². The molecule has 3 nitrogen and oxygen atoms in total.